The molecule has 1 aliphatic rings. The van der Waals surface area contributed by atoms with Crippen LogP contribution in [0.1, 0.15) is 24.6 Å². The van der Waals surface area contributed by atoms with Crippen LogP contribution in [0.15, 0.2) is 15.8 Å². The van der Waals surface area contributed by atoms with Crippen molar-refractivity contribution in [3.8, 4) is 11.8 Å². The normalized spacial score (nSPS) is 22.2. The fraction of sp³-hybridized carbons (Fsp3) is 0.650. The van der Waals surface area contributed by atoms with Crippen LogP contribution >= 0.6 is 0 Å². The van der Waals surface area contributed by atoms with Crippen molar-refractivity contribution >= 4 is 5.91 Å². The van der Waals surface area contributed by atoms with E-state index < -0.39 is 42.4 Å². The maximum atomic E-state index is 12.2. The summed E-state index contributed by atoms with van der Waals surface area (Å²) in [6, 6.07) is 0. The van der Waals surface area contributed by atoms with Crippen LogP contribution in [0.2, 0.25) is 0 Å². The summed E-state index contributed by atoms with van der Waals surface area (Å²) in [6.07, 6.45) is -2.68. The molecule has 0 saturated carbocycles. The van der Waals surface area contributed by atoms with E-state index in [1.807, 2.05) is 4.90 Å². The molecule has 13 heteroatoms. The molecule has 0 radical (unpaired) electrons. The highest BCUT2D eigenvalue weighted by molar-refractivity contribution is 5.78. The number of carbonyl (C=O) groups excluding carboxylic acids is 1. The SMILES string of the molecule is NCCCN(CCCN)CC(=O)NCC#Cc1cn([C@@H]2O[C@H](CO)[C@@H](O)[C@H]2O)c(=O)[nH]c1=O. The number of hydrogen-bond acceptors (Lipinski definition) is 10. The molecule has 2 heterocycles. The number of aromatic amines is 1. The molecule has 0 aliphatic carbocycles. The van der Waals surface area contributed by atoms with Gasteiger partial charge in [-0.25, -0.2) is 4.79 Å². The van der Waals surface area contributed by atoms with E-state index in [-0.39, 0.29) is 24.6 Å². The number of rotatable bonds is 11. The Labute approximate surface area is 190 Å². The molecule has 1 aliphatic heterocycles. The molecule has 0 unspecified atom stereocenters. The molecule has 1 amide bonds. The summed E-state index contributed by atoms with van der Waals surface area (Å²) in [6.45, 7) is 1.96. The largest absolute Gasteiger partial charge is 0.394 e. The van der Waals surface area contributed by atoms with Gasteiger partial charge < -0.3 is 36.8 Å². The van der Waals surface area contributed by atoms with E-state index >= 15 is 0 Å². The number of carbonyl (C=O) groups is 1. The third kappa shape index (κ3) is 7.47. The molecular formula is C20H32N6O7. The third-order valence-electron chi connectivity index (χ3n) is 5.08. The lowest BCUT2D eigenvalue weighted by Gasteiger charge is -2.20. The third-order valence-corrected chi connectivity index (χ3v) is 5.08. The average molecular weight is 469 g/mol. The van der Waals surface area contributed by atoms with Crippen molar-refractivity contribution in [2.75, 3.05) is 45.9 Å². The average Bonchev–Trinajstić information content (AvgIpc) is 3.08. The molecule has 1 saturated heterocycles. The lowest BCUT2D eigenvalue weighted by molar-refractivity contribution is -0.122. The Morgan fingerprint density at radius 1 is 1.21 bits per heavy atom. The summed E-state index contributed by atoms with van der Waals surface area (Å²) in [4.78, 5) is 40.4. The van der Waals surface area contributed by atoms with Gasteiger partial charge in [-0.2, -0.15) is 0 Å². The van der Waals surface area contributed by atoms with Crippen LogP contribution < -0.4 is 28.0 Å². The fourth-order valence-electron chi connectivity index (χ4n) is 3.31. The topological polar surface area (TPSA) is 209 Å². The number of H-pyrrole nitrogens is 1. The number of aliphatic hydroxyl groups is 3. The highest BCUT2D eigenvalue weighted by atomic mass is 16.6. The molecule has 0 aromatic carbocycles. The van der Waals surface area contributed by atoms with Crippen LogP contribution in [0.3, 0.4) is 0 Å². The maximum Gasteiger partial charge on any atom is 0.330 e. The first-order valence-electron chi connectivity index (χ1n) is 10.7. The second-order valence-electron chi connectivity index (χ2n) is 7.58. The van der Waals surface area contributed by atoms with E-state index in [2.05, 4.69) is 22.1 Å². The summed E-state index contributed by atoms with van der Waals surface area (Å²) < 4.78 is 6.20. The van der Waals surface area contributed by atoms with Crippen molar-refractivity contribution < 1.29 is 24.9 Å². The minimum Gasteiger partial charge on any atom is -0.394 e. The van der Waals surface area contributed by atoms with E-state index in [1.54, 1.807) is 0 Å². The highest BCUT2D eigenvalue weighted by Crippen LogP contribution is 2.27. The molecule has 1 aromatic heterocycles. The highest BCUT2D eigenvalue weighted by Gasteiger charge is 2.43. The quantitative estimate of drug-likeness (QED) is 0.155. The molecule has 0 spiro atoms. The van der Waals surface area contributed by atoms with Crippen molar-refractivity contribution in [1.82, 2.24) is 19.8 Å². The molecule has 9 N–H and O–H groups in total. The Morgan fingerprint density at radius 2 is 1.88 bits per heavy atom. The van der Waals surface area contributed by atoms with Crippen LogP contribution in [-0.4, -0.2) is 99.9 Å². The van der Waals surface area contributed by atoms with Gasteiger partial charge in [-0.3, -0.25) is 24.0 Å². The summed E-state index contributed by atoms with van der Waals surface area (Å²) in [5, 5.41) is 31.8. The summed E-state index contributed by atoms with van der Waals surface area (Å²) in [5.74, 6) is 4.96. The van der Waals surface area contributed by atoms with Gasteiger partial charge in [0.25, 0.3) is 5.56 Å². The van der Waals surface area contributed by atoms with Gasteiger partial charge >= 0.3 is 5.69 Å². The first-order chi connectivity index (χ1) is 15.8. The number of nitrogens with one attached hydrogen (secondary N) is 2. The van der Waals surface area contributed by atoms with Gasteiger partial charge in [0.15, 0.2) is 6.23 Å². The number of nitrogens with zero attached hydrogens (tertiary/aromatic N) is 2. The molecule has 13 nitrogen and oxygen atoms in total. The van der Waals surface area contributed by atoms with Crippen LogP contribution in [0, 0.1) is 11.8 Å². The van der Waals surface area contributed by atoms with E-state index in [4.69, 9.17) is 16.2 Å². The van der Waals surface area contributed by atoms with Crippen LogP contribution in [-0.2, 0) is 9.53 Å². The maximum absolute atomic E-state index is 12.2. The van der Waals surface area contributed by atoms with Crippen molar-refractivity contribution in [2.45, 2.75) is 37.4 Å². The Balaban J connectivity index is 2.02. The second-order valence-corrected chi connectivity index (χ2v) is 7.58. The number of aliphatic hydroxyl groups excluding tert-OH is 3. The monoisotopic (exact) mass is 468 g/mol. The summed E-state index contributed by atoms with van der Waals surface area (Å²) >= 11 is 0. The smallest absolute Gasteiger partial charge is 0.330 e. The van der Waals surface area contributed by atoms with Crippen molar-refractivity contribution in [3.63, 3.8) is 0 Å². The Morgan fingerprint density at radius 3 is 2.45 bits per heavy atom. The molecule has 184 valence electrons. The van der Waals surface area contributed by atoms with Gasteiger partial charge in [-0.15, -0.1) is 0 Å². The zero-order chi connectivity index (χ0) is 24.4. The minimum absolute atomic E-state index is 0.0348. The minimum atomic E-state index is -1.49. The Bertz CT molecular complexity index is 945. The number of aromatic nitrogens is 2. The van der Waals surface area contributed by atoms with Gasteiger partial charge in [0.05, 0.1) is 19.7 Å². The molecule has 1 aromatic rings. The zero-order valence-electron chi connectivity index (χ0n) is 18.3. The van der Waals surface area contributed by atoms with Crippen LogP contribution in [0.5, 0.6) is 0 Å². The predicted molar refractivity (Wildman–Crippen MR) is 118 cm³/mol. The van der Waals surface area contributed by atoms with Crippen molar-refractivity contribution in [1.29, 1.82) is 0 Å². The van der Waals surface area contributed by atoms with E-state index in [0.717, 1.165) is 23.6 Å². The van der Waals surface area contributed by atoms with Crippen LogP contribution in [0.4, 0.5) is 0 Å². The first kappa shape index (κ1) is 26.7. The summed E-state index contributed by atoms with van der Waals surface area (Å²) in [7, 11) is 0. The number of nitrogens with two attached hydrogens (primary N) is 2. The fourth-order valence-corrected chi connectivity index (χ4v) is 3.31. The number of amides is 1. The Kier molecular flexibility index (Phi) is 10.7. The van der Waals surface area contributed by atoms with Gasteiger partial charge in [0.2, 0.25) is 5.91 Å². The molecule has 2 rings (SSSR count). The number of hydrogen-bond donors (Lipinski definition) is 7. The standard InChI is InChI=1S/C20H32N6O7/c21-5-2-8-25(9-3-6-22)11-15(28)23-7-1-4-13-10-26(20(32)24-18(13)31)19-17(30)16(29)14(12-27)33-19/h10,14,16-17,19,27,29-30H,2-3,5-9,11-12,21-22H2,(H,23,28)(H,24,31,32)/t14-,16-,17-,19-/m1/s1. The molecular weight excluding hydrogens is 436 g/mol. The number of ether oxygens (including phenoxy) is 1. The van der Waals surface area contributed by atoms with E-state index in [9.17, 15) is 29.7 Å². The summed E-state index contributed by atoms with van der Waals surface area (Å²) in [5.41, 5.74) is 9.32. The van der Waals surface area contributed by atoms with Gasteiger partial charge in [-0.1, -0.05) is 11.8 Å². The first-order valence-corrected chi connectivity index (χ1v) is 10.7. The molecule has 4 atom stereocenters. The van der Waals surface area contributed by atoms with Crippen molar-refractivity contribution in [3.05, 3.63) is 32.6 Å². The van der Waals surface area contributed by atoms with Gasteiger partial charge in [0, 0.05) is 6.20 Å². The molecule has 1 fully saturated rings. The van der Waals surface area contributed by atoms with Crippen LogP contribution in [0.25, 0.3) is 0 Å². The van der Waals surface area contributed by atoms with Gasteiger partial charge in [-0.05, 0) is 39.0 Å². The predicted octanol–water partition coefficient (Wildman–Crippen LogP) is -4.38. The van der Waals surface area contributed by atoms with E-state index in [0.29, 0.717) is 26.2 Å². The lowest BCUT2D eigenvalue weighted by atomic mass is 10.1. The zero-order valence-corrected chi connectivity index (χ0v) is 18.3. The van der Waals surface area contributed by atoms with E-state index in [1.165, 1.54) is 0 Å². The Hall–Kier alpha value is -2.57. The molecule has 33 heavy (non-hydrogen) atoms. The molecule has 0 bridgehead atoms. The van der Waals surface area contributed by atoms with Crippen molar-refractivity contribution in [2.24, 2.45) is 11.5 Å². The second kappa shape index (κ2) is 13.2. The van der Waals surface area contributed by atoms with Gasteiger partial charge in [0.1, 0.15) is 23.9 Å². The lowest BCUT2D eigenvalue weighted by Crippen LogP contribution is -2.39.